The smallest absolute Gasteiger partial charge is 0.287 e. The van der Waals surface area contributed by atoms with Gasteiger partial charge in [-0.15, -0.1) is 0 Å². The molecule has 1 rings (SSSR count). The Morgan fingerprint density at radius 3 is 2.38 bits per heavy atom. The van der Waals surface area contributed by atoms with Crippen molar-refractivity contribution in [3.63, 3.8) is 0 Å². The Morgan fingerprint density at radius 1 is 1.12 bits per heavy atom. The fourth-order valence-electron chi connectivity index (χ4n) is 1.77. The summed E-state index contributed by atoms with van der Waals surface area (Å²) >= 11 is 0. The zero-order valence-electron chi connectivity index (χ0n) is 14.4. The zero-order chi connectivity index (χ0) is 18.4. The lowest BCUT2D eigenvalue weighted by Crippen LogP contribution is -2.40. The number of rotatable bonds is 8. The van der Waals surface area contributed by atoms with Gasteiger partial charge in [-0.2, -0.15) is 0 Å². The minimum atomic E-state index is -3.84. The van der Waals surface area contributed by atoms with E-state index in [2.05, 4.69) is 15.4 Å². The van der Waals surface area contributed by atoms with Gasteiger partial charge in [0.05, 0.1) is 0 Å². The van der Waals surface area contributed by atoms with E-state index in [1.54, 1.807) is 20.8 Å². The average molecular weight is 359 g/mol. The summed E-state index contributed by atoms with van der Waals surface area (Å²) in [4.78, 5) is 23.3. The van der Waals surface area contributed by atoms with Crippen molar-refractivity contribution < 1.29 is 22.4 Å². The van der Waals surface area contributed by atoms with Crippen molar-refractivity contribution in [1.29, 1.82) is 0 Å². The molecule has 1 aromatic rings. The maximum Gasteiger partial charge on any atom is 0.287 e. The molecule has 0 unspecified atom stereocenters. The van der Waals surface area contributed by atoms with E-state index in [1.165, 1.54) is 12.1 Å². The second kappa shape index (κ2) is 8.29. The molecule has 0 bridgehead atoms. The van der Waals surface area contributed by atoms with Crippen LogP contribution in [0.3, 0.4) is 0 Å². The molecule has 0 aliphatic heterocycles. The third-order valence-electron chi connectivity index (χ3n) is 2.72. The molecule has 0 aliphatic carbocycles. The normalized spacial score (nSPS) is 12.0. The lowest BCUT2D eigenvalue weighted by Gasteiger charge is -2.18. The van der Waals surface area contributed by atoms with Crippen LogP contribution in [0.4, 0.5) is 0 Å². The van der Waals surface area contributed by atoms with Crippen molar-refractivity contribution >= 4 is 21.8 Å². The first-order chi connectivity index (χ1) is 11.0. The second-order valence-corrected chi connectivity index (χ2v) is 7.94. The first-order valence-electron chi connectivity index (χ1n) is 7.74. The topological polar surface area (TPSA) is 118 Å². The van der Waals surface area contributed by atoms with Crippen LogP contribution in [0.15, 0.2) is 21.6 Å². The third kappa shape index (κ3) is 6.71. The Morgan fingerprint density at radius 2 is 1.79 bits per heavy atom. The highest BCUT2D eigenvalue weighted by Crippen LogP contribution is 2.16. The summed E-state index contributed by atoms with van der Waals surface area (Å²) in [5, 5.41) is 4.87. The predicted octanol–water partition coefficient (Wildman–Crippen LogP) is 1.00. The minimum absolute atomic E-state index is 0.127. The van der Waals surface area contributed by atoms with Crippen LogP contribution in [0.5, 0.6) is 0 Å². The molecule has 3 N–H and O–H groups in total. The molecule has 0 aromatic carbocycles. The van der Waals surface area contributed by atoms with Gasteiger partial charge in [0.15, 0.2) is 5.76 Å². The summed E-state index contributed by atoms with van der Waals surface area (Å²) in [7, 11) is -3.84. The Kier molecular flexibility index (Phi) is 6.97. The number of carbonyl (C=O) groups is 2. The summed E-state index contributed by atoms with van der Waals surface area (Å²) in [5.74, 6) is -0.858. The number of sulfonamides is 1. The van der Waals surface area contributed by atoms with Gasteiger partial charge in [0.25, 0.3) is 15.9 Å². The molecule has 0 saturated carbocycles. The van der Waals surface area contributed by atoms with Crippen LogP contribution in [-0.2, 0) is 14.8 Å². The first-order valence-corrected chi connectivity index (χ1v) is 9.22. The van der Waals surface area contributed by atoms with Crippen LogP contribution in [0, 0.1) is 0 Å². The molecule has 1 heterocycles. The van der Waals surface area contributed by atoms with Gasteiger partial charge in [-0.05, 0) is 39.3 Å². The summed E-state index contributed by atoms with van der Waals surface area (Å²) < 4.78 is 31.7. The van der Waals surface area contributed by atoms with Crippen molar-refractivity contribution in [2.75, 3.05) is 13.1 Å². The van der Waals surface area contributed by atoms with Gasteiger partial charge in [-0.3, -0.25) is 9.59 Å². The highest BCUT2D eigenvalue weighted by molar-refractivity contribution is 7.89. The maximum absolute atomic E-state index is 12.1. The Labute approximate surface area is 142 Å². The number of amides is 2. The fraction of sp³-hybridized carbons (Fsp3) is 0.600. The summed E-state index contributed by atoms with van der Waals surface area (Å²) in [5.41, 5.74) is -0.667. The van der Waals surface area contributed by atoms with E-state index < -0.39 is 21.5 Å². The lowest BCUT2D eigenvalue weighted by atomic mass is 10.1. The molecule has 1 aromatic heterocycles. The standard InChI is InChI=1S/C15H25N3O5S/c1-5-9-16-12(19)8-10-17-14(20)11-6-7-13(23-11)24(21,22)18-15(2,3)4/h6-7,18H,5,8-10H2,1-4H3,(H,16,19)(H,17,20). The number of hydrogen-bond acceptors (Lipinski definition) is 5. The van der Waals surface area contributed by atoms with Crippen molar-refractivity contribution in [3.05, 3.63) is 17.9 Å². The molecule has 0 fully saturated rings. The van der Waals surface area contributed by atoms with Crippen LogP contribution >= 0.6 is 0 Å². The molecule has 0 saturated heterocycles. The lowest BCUT2D eigenvalue weighted by molar-refractivity contribution is -0.120. The van der Waals surface area contributed by atoms with E-state index in [-0.39, 0.29) is 29.7 Å². The fourth-order valence-corrected chi connectivity index (χ4v) is 3.12. The van der Waals surface area contributed by atoms with Gasteiger partial charge in [0, 0.05) is 25.0 Å². The highest BCUT2D eigenvalue weighted by atomic mass is 32.2. The van der Waals surface area contributed by atoms with Crippen molar-refractivity contribution in [1.82, 2.24) is 15.4 Å². The van der Waals surface area contributed by atoms with Crippen molar-refractivity contribution in [3.8, 4) is 0 Å². The molecular weight excluding hydrogens is 334 g/mol. The van der Waals surface area contributed by atoms with Crippen LogP contribution < -0.4 is 15.4 Å². The van der Waals surface area contributed by atoms with Gasteiger partial charge in [-0.25, -0.2) is 13.1 Å². The molecule has 136 valence electrons. The molecule has 0 radical (unpaired) electrons. The molecule has 9 heteroatoms. The number of furan rings is 1. The molecule has 0 atom stereocenters. The van der Waals surface area contributed by atoms with E-state index >= 15 is 0 Å². The number of carbonyl (C=O) groups excluding carboxylic acids is 2. The average Bonchev–Trinajstić information content (AvgIpc) is 2.93. The summed E-state index contributed by atoms with van der Waals surface area (Å²) in [6, 6.07) is 2.50. The molecule has 8 nitrogen and oxygen atoms in total. The molecule has 2 amide bonds. The third-order valence-corrected chi connectivity index (χ3v) is 4.35. The Bertz CT molecular complexity index is 674. The molecule has 24 heavy (non-hydrogen) atoms. The van der Waals surface area contributed by atoms with E-state index in [1.807, 2.05) is 6.92 Å². The Balaban J connectivity index is 2.59. The highest BCUT2D eigenvalue weighted by Gasteiger charge is 2.26. The zero-order valence-corrected chi connectivity index (χ0v) is 15.2. The second-order valence-electron chi connectivity index (χ2n) is 6.33. The van der Waals surface area contributed by atoms with Crippen LogP contribution in [-0.4, -0.2) is 38.9 Å². The summed E-state index contributed by atoms with van der Waals surface area (Å²) in [6.07, 6.45) is 0.980. The van der Waals surface area contributed by atoms with Gasteiger partial charge in [0.2, 0.25) is 11.0 Å². The van der Waals surface area contributed by atoms with Crippen molar-refractivity contribution in [2.45, 2.75) is 51.2 Å². The first kappa shape index (κ1) is 20.2. The SMILES string of the molecule is CCCNC(=O)CCNC(=O)c1ccc(S(=O)(=O)NC(C)(C)C)o1. The van der Waals surface area contributed by atoms with Gasteiger partial charge in [0.1, 0.15) is 0 Å². The number of hydrogen-bond donors (Lipinski definition) is 3. The van der Waals surface area contributed by atoms with E-state index in [4.69, 9.17) is 4.42 Å². The van der Waals surface area contributed by atoms with Crippen LogP contribution in [0.1, 0.15) is 51.1 Å². The van der Waals surface area contributed by atoms with Gasteiger partial charge >= 0.3 is 0 Å². The van der Waals surface area contributed by atoms with E-state index in [0.717, 1.165) is 6.42 Å². The maximum atomic E-state index is 12.1. The van der Waals surface area contributed by atoms with Crippen LogP contribution in [0.25, 0.3) is 0 Å². The summed E-state index contributed by atoms with van der Waals surface area (Å²) in [6.45, 7) is 7.77. The van der Waals surface area contributed by atoms with Crippen molar-refractivity contribution in [2.24, 2.45) is 0 Å². The number of nitrogens with one attached hydrogen (secondary N) is 3. The van der Waals surface area contributed by atoms with E-state index in [0.29, 0.717) is 6.54 Å². The predicted molar refractivity (Wildman–Crippen MR) is 89.0 cm³/mol. The molecule has 0 spiro atoms. The monoisotopic (exact) mass is 359 g/mol. The molecular formula is C15H25N3O5S. The minimum Gasteiger partial charge on any atom is -0.438 e. The van der Waals surface area contributed by atoms with E-state index in [9.17, 15) is 18.0 Å². The van der Waals surface area contributed by atoms with Gasteiger partial charge in [-0.1, -0.05) is 6.92 Å². The quantitative estimate of drug-likeness (QED) is 0.640. The van der Waals surface area contributed by atoms with Crippen LogP contribution in [0.2, 0.25) is 0 Å². The van der Waals surface area contributed by atoms with Gasteiger partial charge < -0.3 is 15.1 Å². The largest absolute Gasteiger partial charge is 0.438 e. The molecule has 0 aliphatic rings. The Hall–Kier alpha value is -1.87.